The van der Waals surface area contributed by atoms with Gasteiger partial charge >= 0.3 is 0 Å². The molecule has 0 amide bonds. The molecule has 2 atom stereocenters. The van der Waals surface area contributed by atoms with Crippen LogP contribution in [0.2, 0.25) is 0 Å². The van der Waals surface area contributed by atoms with Crippen LogP contribution in [-0.2, 0) is 19.3 Å². The number of hydrogen-bond donors (Lipinski definition) is 1. The Bertz CT molecular complexity index is 621. The molecular formula is C18H19BrFN. The zero-order chi connectivity index (χ0) is 14.8. The van der Waals surface area contributed by atoms with E-state index in [4.69, 9.17) is 5.73 Å². The minimum absolute atomic E-state index is 0.0760. The molecule has 0 radical (unpaired) electrons. The summed E-state index contributed by atoms with van der Waals surface area (Å²) in [5.74, 6) is 0.266. The number of hydrogen-bond acceptors (Lipinski definition) is 1. The maximum atomic E-state index is 13.4. The molecule has 0 aliphatic heterocycles. The van der Waals surface area contributed by atoms with Gasteiger partial charge in [0, 0.05) is 10.5 Å². The Morgan fingerprint density at radius 3 is 2.71 bits per heavy atom. The summed E-state index contributed by atoms with van der Waals surface area (Å²) in [5, 5.41) is 0. The van der Waals surface area contributed by atoms with Crippen molar-refractivity contribution >= 4 is 15.9 Å². The van der Waals surface area contributed by atoms with E-state index in [0.29, 0.717) is 5.92 Å². The first-order valence-corrected chi connectivity index (χ1v) is 8.18. The normalized spacial score (nSPS) is 19.1. The van der Waals surface area contributed by atoms with E-state index in [1.165, 1.54) is 17.2 Å². The van der Waals surface area contributed by atoms with Gasteiger partial charge in [-0.3, -0.25) is 0 Å². The van der Waals surface area contributed by atoms with Crippen LogP contribution in [0.4, 0.5) is 4.39 Å². The summed E-state index contributed by atoms with van der Waals surface area (Å²) in [6.07, 6.45) is 3.98. The van der Waals surface area contributed by atoms with Crippen molar-refractivity contribution in [1.29, 1.82) is 0 Å². The highest BCUT2D eigenvalue weighted by Gasteiger charge is 2.24. The van der Waals surface area contributed by atoms with Crippen molar-refractivity contribution in [3.63, 3.8) is 0 Å². The lowest BCUT2D eigenvalue weighted by atomic mass is 9.79. The van der Waals surface area contributed by atoms with Crippen LogP contribution in [0.15, 0.2) is 46.9 Å². The second kappa shape index (κ2) is 6.29. The Labute approximate surface area is 133 Å². The zero-order valence-electron chi connectivity index (χ0n) is 11.9. The molecule has 2 aromatic carbocycles. The van der Waals surface area contributed by atoms with Crippen molar-refractivity contribution in [3.05, 3.63) is 69.4 Å². The van der Waals surface area contributed by atoms with E-state index in [1.54, 1.807) is 6.07 Å². The van der Waals surface area contributed by atoms with Gasteiger partial charge in [-0.2, -0.15) is 0 Å². The SMILES string of the molecule is NC(Cc1cc(F)cc(Br)c1)C1CCc2ccccc2C1. The second-order valence-corrected chi connectivity index (χ2v) is 6.83. The summed E-state index contributed by atoms with van der Waals surface area (Å²) < 4.78 is 14.2. The molecule has 110 valence electrons. The molecule has 0 spiro atoms. The van der Waals surface area contributed by atoms with E-state index in [0.717, 1.165) is 35.7 Å². The van der Waals surface area contributed by atoms with Gasteiger partial charge in [0.1, 0.15) is 5.82 Å². The standard InChI is InChI=1S/C18H19BrFN/c19-16-7-12(8-17(20)11-16)9-18(21)15-6-5-13-3-1-2-4-14(13)10-15/h1-4,7-8,11,15,18H,5-6,9-10,21H2. The topological polar surface area (TPSA) is 26.0 Å². The van der Waals surface area contributed by atoms with Crippen molar-refractivity contribution in [3.8, 4) is 0 Å². The summed E-state index contributed by atoms with van der Waals surface area (Å²) in [7, 11) is 0. The third-order valence-electron chi connectivity index (χ3n) is 4.38. The van der Waals surface area contributed by atoms with Gasteiger partial charge in [-0.15, -0.1) is 0 Å². The molecule has 0 bridgehead atoms. The van der Waals surface area contributed by atoms with Gasteiger partial charge < -0.3 is 5.73 Å². The first kappa shape index (κ1) is 14.7. The molecule has 2 aromatic rings. The Hall–Kier alpha value is -1.19. The van der Waals surface area contributed by atoms with E-state index < -0.39 is 0 Å². The lowest BCUT2D eigenvalue weighted by molar-refractivity contribution is 0.372. The highest BCUT2D eigenvalue weighted by molar-refractivity contribution is 9.10. The number of benzene rings is 2. The third-order valence-corrected chi connectivity index (χ3v) is 4.84. The van der Waals surface area contributed by atoms with E-state index in [2.05, 4.69) is 40.2 Å². The largest absolute Gasteiger partial charge is 0.327 e. The molecule has 3 heteroatoms. The van der Waals surface area contributed by atoms with Gasteiger partial charge in [-0.05, 0) is 66.5 Å². The van der Waals surface area contributed by atoms with Crippen LogP contribution in [0.3, 0.4) is 0 Å². The fourth-order valence-corrected chi connectivity index (χ4v) is 3.77. The van der Waals surface area contributed by atoms with E-state index in [-0.39, 0.29) is 11.9 Å². The summed E-state index contributed by atoms with van der Waals surface area (Å²) in [6, 6.07) is 13.7. The Kier molecular flexibility index (Phi) is 4.41. The smallest absolute Gasteiger partial charge is 0.124 e. The van der Waals surface area contributed by atoms with E-state index in [1.807, 2.05) is 6.07 Å². The first-order chi connectivity index (χ1) is 10.1. The molecule has 0 fully saturated rings. The van der Waals surface area contributed by atoms with Gasteiger partial charge in [0.15, 0.2) is 0 Å². The van der Waals surface area contributed by atoms with Crippen LogP contribution in [0, 0.1) is 11.7 Å². The van der Waals surface area contributed by atoms with Crippen LogP contribution in [0.5, 0.6) is 0 Å². The van der Waals surface area contributed by atoms with Gasteiger partial charge in [0.2, 0.25) is 0 Å². The summed E-state index contributed by atoms with van der Waals surface area (Å²) >= 11 is 3.34. The zero-order valence-corrected chi connectivity index (χ0v) is 13.4. The van der Waals surface area contributed by atoms with Gasteiger partial charge in [-0.1, -0.05) is 40.2 Å². The monoisotopic (exact) mass is 347 g/mol. The first-order valence-electron chi connectivity index (χ1n) is 7.39. The maximum absolute atomic E-state index is 13.4. The molecule has 21 heavy (non-hydrogen) atoms. The van der Waals surface area contributed by atoms with Crippen molar-refractivity contribution in [1.82, 2.24) is 0 Å². The van der Waals surface area contributed by atoms with E-state index >= 15 is 0 Å². The molecular weight excluding hydrogens is 329 g/mol. The molecule has 2 unspecified atom stereocenters. The molecule has 0 aromatic heterocycles. The lowest BCUT2D eigenvalue weighted by Crippen LogP contribution is -2.35. The Morgan fingerprint density at radius 1 is 1.19 bits per heavy atom. The van der Waals surface area contributed by atoms with Crippen molar-refractivity contribution < 1.29 is 4.39 Å². The maximum Gasteiger partial charge on any atom is 0.124 e. The molecule has 0 heterocycles. The van der Waals surface area contributed by atoms with Crippen molar-refractivity contribution in [2.24, 2.45) is 11.7 Å². The summed E-state index contributed by atoms with van der Waals surface area (Å²) in [6.45, 7) is 0. The Balaban J connectivity index is 1.70. The lowest BCUT2D eigenvalue weighted by Gasteiger charge is -2.29. The number of nitrogens with two attached hydrogens (primary N) is 1. The van der Waals surface area contributed by atoms with Crippen molar-refractivity contribution in [2.75, 3.05) is 0 Å². The number of fused-ring (bicyclic) bond motifs is 1. The number of halogens is 2. The molecule has 1 aliphatic rings. The molecule has 0 saturated heterocycles. The molecule has 1 nitrogen and oxygen atoms in total. The Morgan fingerprint density at radius 2 is 1.95 bits per heavy atom. The highest BCUT2D eigenvalue weighted by Crippen LogP contribution is 2.28. The molecule has 1 aliphatic carbocycles. The summed E-state index contributed by atoms with van der Waals surface area (Å²) in [5.41, 5.74) is 10.2. The molecule has 0 saturated carbocycles. The minimum atomic E-state index is -0.208. The average Bonchev–Trinajstić information content (AvgIpc) is 2.45. The van der Waals surface area contributed by atoms with Crippen molar-refractivity contribution in [2.45, 2.75) is 31.7 Å². The minimum Gasteiger partial charge on any atom is -0.327 e. The predicted molar refractivity (Wildman–Crippen MR) is 87.7 cm³/mol. The second-order valence-electron chi connectivity index (χ2n) is 5.92. The fraction of sp³-hybridized carbons (Fsp3) is 0.333. The van der Waals surface area contributed by atoms with Gasteiger partial charge in [-0.25, -0.2) is 4.39 Å². The summed E-state index contributed by atoms with van der Waals surface area (Å²) in [4.78, 5) is 0. The third kappa shape index (κ3) is 3.53. The van der Waals surface area contributed by atoms with Gasteiger partial charge in [0.25, 0.3) is 0 Å². The van der Waals surface area contributed by atoms with Crippen LogP contribution >= 0.6 is 15.9 Å². The fourth-order valence-electron chi connectivity index (χ4n) is 3.26. The number of rotatable bonds is 3. The van der Waals surface area contributed by atoms with Crippen LogP contribution in [0.25, 0.3) is 0 Å². The molecule has 2 N–H and O–H groups in total. The average molecular weight is 348 g/mol. The van der Waals surface area contributed by atoms with Crippen LogP contribution < -0.4 is 5.73 Å². The molecule has 3 rings (SSSR count). The van der Waals surface area contributed by atoms with Crippen LogP contribution in [-0.4, -0.2) is 6.04 Å². The highest BCUT2D eigenvalue weighted by atomic mass is 79.9. The van der Waals surface area contributed by atoms with E-state index in [9.17, 15) is 4.39 Å². The predicted octanol–water partition coefficient (Wildman–Crippen LogP) is 4.26. The van der Waals surface area contributed by atoms with Gasteiger partial charge in [0.05, 0.1) is 0 Å². The van der Waals surface area contributed by atoms with Crippen LogP contribution in [0.1, 0.15) is 23.1 Å². The quantitative estimate of drug-likeness (QED) is 0.881. The number of aryl methyl sites for hydroxylation is 1.